The van der Waals surface area contributed by atoms with Crippen molar-refractivity contribution >= 4 is 11.5 Å². The fraction of sp³-hybridized carbons (Fsp3) is 0.500. The zero-order valence-corrected chi connectivity index (χ0v) is 22.0. The van der Waals surface area contributed by atoms with Gasteiger partial charge in [0.15, 0.2) is 17.2 Å². The van der Waals surface area contributed by atoms with E-state index in [-0.39, 0.29) is 5.92 Å². The Balaban J connectivity index is 1.23. The third-order valence-electron chi connectivity index (χ3n) is 8.37. The summed E-state index contributed by atoms with van der Waals surface area (Å²) >= 11 is 0. The predicted octanol–water partition coefficient (Wildman–Crippen LogP) is 4.21. The molecular weight excluding hydrogens is 464 g/mol. The lowest BCUT2D eigenvalue weighted by atomic mass is 9.92. The first-order valence-electron chi connectivity index (χ1n) is 13.5. The molecule has 1 saturated heterocycles. The minimum Gasteiger partial charge on any atom is -0.487 e. The molecule has 37 heavy (non-hydrogen) atoms. The number of fused-ring (bicyclic) bond motifs is 4. The largest absolute Gasteiger partial charge is 0.487 e. The first-order valence-corrected chi connectivity index (χ1v) is 13.5. The molecule has 0 spiro atoms. The van der Waals surface area contributed by atoms with Crippen LogP contribution in [0, 0.1) is 19.8 Å². The number of pyridine rings is 2. The van der Waals surface area contributed by atoms with Gasteiger partial charge in [-0.25, -0.2) is 14.5 Å². The Kier molecular flexibility index (Phi) is 5.25. The number of aromatic amines is 1. The molecule has 1 unspecified atom stereocenters. The summed E-state index contributed by atoms with van der Waals surface area (Å²) in [6.07, 6.45) is 8.41. The Labute approximate surface area is 216 Å². The molecule has 0 aromatic carbocycles. The lowest BCUT2D eigenvalue weighted by Gasteiger charge is -2.44. The molecule has 9 heteroatoms. The molecule has 1 saturated carbocycles. The summed E-state index contributed by atoms with van der Waals surface area (Å²) in [6.45, 7) is 13.8. The first kappa shape index (κ1) is 22.7. The van der Waals surface area contributed by atoms with E-state index in [1.165, 1.54) is 30.5 Å². The first-order chi connectivity index (χ1) is 18.0. The normalized spacial score (nSPS) is 19.8. The number of nitrogens with zero attached hydrogens (tertiary/aromatic N) is 7. The van der Waals surface area contributed by atoms with Crippen molar-refractivity contribution in [3.05, 3.63) is 41.5 Å². The third kappa shape index (κ3) is 3.79. The van der Waals surface area contributed by atoms with Gasteiger partial charge in [0, 0.05) is 55.3 Å². The highest BCUT2D eigenvalue weighted by Crippen LogP contribution is 2.41. The quantitative estimate of drug-likeness (QED) is 0.441. The molecule has 2 fully saturated rings. The fourth-order valence-electron chi connectivity index (χ4n) is 6.04. The van der Waals surface area contributed by atoms with Gasteiger partial charge in [-0.2, -0.15) is 10.2 Å². The Bertz CT molecular complexity index is 1480. The van der Waals surface area contributed by atoms with Gasteiger partial charge in [-0.1, -0.05) is 13.8 Å². The highest BCUT2D eigenvalue weighted by molar-refractivity contribution is 5.79. The molecule has 4 aromatic heterocycles. The van der Waals surface area contributed by atoms with Gasteiger partial charge in [0.05, 0.1) is 17.4 Å². The number of H-pyrrole nitrogens is 1. The molecule has 192 valence electrons. The van der Waals surface area contributed by atoms with Crippen LogP contribution >= 0.6 is 0 Å². The zero-order valence-electron chi connectivity index (χ0n) is 22.0. The molecule has 0 radical (unpaired) electrons. The van der Waals surface area contributed by atoms with Crippen LogP contribution in [0.2, 0.25) is 0 Å². The summed E-state index contributed by atoms with van der Waals surface area (Å²) in [4.78, 5) is 14.4. The Morgan fingerprint density at radius 2 is 2.00 bits per heavy atom. The minimum absolute atomic E-state index is 0.260. The van der Waals surface area contributed by atoms with Gasteiger partial charge in [0.1, 0.15) is 12.9 Å². The number of aryl methyl sites for hydroxylation is 1. The maximum Gasteiger partial charge on any atom is 0.171 e. The average molecular weight is 499 g/mol. The lowest BCUT2D eigenvalue weighted by molar-refractivity contribution is 0.161. The predicted molar refractivity (Wildman–Crippen MR) is 143 cm³/mol. The summed E-state index contributed by atoms with van der Waals surface area (Å²) < 4.78 is 8.15. The fourth-order valence-corrected chi connectivity index (χ4v) is 6.04. The summed E-state index contributed by atoms with van der Waals surface area (Å²) in [5.41, 5.74) is 8.37. The van der Waals surface area contributed by atoms with Crippen molar-refractivity contribution in [1.82, 2.24) is 34.7 Å². The summed E-state index contributed by atoms with van der Waals surface area (Å²) in [5, 5.41) is 12.5. The highest BCUT2D eigenvalue weighted by atomic mass is 16.5. The van der Waals surface area contributed by atoms with Crippen molar-refractivity contribution in [3.8, 4) is 28.3 Å². The molecule has 7 rings (SSSR count). The standard InChI is InChI=1S/C28H34N8O/c1-16(2)24-25(32-33-26(24)22-13-36-27(30-15-31-36)18(4)17(22)3)20-9-23-28(29-10-20)35-8-7-34(11-19-5-6-19)12-21(35)14-37-23/h9-10,13,15-16,19,21H,5-8,11-12,14H2,1-4H3,(H,32,33). The minimum atomic E-state index is 0.260. The van der Waals surface area contributed by atoms with Gasteiger partial charge in [-0.05, 0) is 55.7 Å². The van der Waals surface area contributed by atoms with E-state index < -0.39 is 0 Å². The van der Waals surface area contributed by atoms with E-state index in [4.69, 9.17) is 14.8 Å². The van der Waals surface area contributed by atoms with Crippen molar-refractivity contribution < 1.29 is 4.74 Å². The van der Waals surface area contributed by atoms with Crippen molar-refractivity contribution in [2.75, 3.05) is 37.7 Å². The number of anilines is 1. The monoisotopic (exact) mass is 498 g/mol. The van der Waals surface area contributed by atoms with Gasteiger partial charge in [-0.3, -0.25) is 10.00 Å². The maximum atomic E-state index is 6.30. The Morgan fingerprint density at radius 1 is 1.14 bits per heavy atom. The topological polar surface area (TPSA) is 87.5 Å². The smallest absolute Gasteiger partial charge is 0.171 e. The second kappa shape index (κ2) is 8.55. The van der Waals surface area contributed by atoms with E-state index in [2.05, 4.69) is 58.7 Å². The van der Waals surface area contributed by atoms with Crippen LogP contribution in [0.1, 0.15) is 49.3 Å². The van der Waals surface area contributed by atoms with Crippen molar-refractivity contribution in [2.24, 2.45) is 5.92 Å². The van der Waals surface area contributed by atoms with Gasteiger partial charge >= 0.3 is 0 Å². The van der Waals surface area contributed by atoms with E-state index in [0.717, 1.165) is 70.8 Å². The number of rotatable bonds is 5. The molecule has 9 nitrogen and oxygen atoms in total. The maximum absolute atomic E-state index is 6.30. The van der Waals surface area contributed by atoms with Gasteiger partial charge in [-0.15, -0.1) is 0 Å². The van der Waals surface area contributed by atoms with Crippen LogP contribution in [0.15, 0.2) is 24.8 Å². The van der Waals surface area contributed by atoms with E-state index >= 15 is 0 Å². The zero-order chi connectivity index (χ0) is 25.3. The van der Waals surface area contributed by atoms with Crippen LogP contribution in [0.5, 0.6) is 5.75 Å². The number of piperazine rings is 1. The van der Waals surface area contributed by atoms with Gasteiger partial charge in [0.25, 0.3) is 0 Å². The molecule has 0 bridgehead atoms. The molecule has 4 aromatic rings. The van der Waals surface area contributed by atoms with Crippen LogP contribution in [-0.2, 0) is 0 Å². The second-order valence-electron chi connectivity index (χ2n) is 11.2. The van der Waals surface area contributed by atoms with Crippen molar-refractivity contribution in [1.29, 1.82) is 0 Å². The number of nitrogens with one attached hydrogen (secondary N) is 1. The number of hydrogen-bond acceptors (Lipinski definition) is 7. The summed E-state index contributed by atoms with van der Waals surface area (Å²) in [7, 11) is 0. The van der Waals surface area contributed by atoms with Crippen molar-refractivity contribution in [3.63, 3.8) is 0 Å². The highest BCUT2D eigenvalue weighted by Gasteiger charge is 2.36. The second-order valence-corrected chi connectivity index (χ2v) is 11.2. The van der Waals surface area contributed by atoms with E-state index in [0.29, 0.717) is 12.6 Å². The third-order valence-corrected chi connectivity index (χ3v) is 8.37. The molecule has 2 aliphatic heterocycles. The van der Waals surface area contributed by atoms with Gasteiger partial charge < -0.3 is 9.64 Å². The SMILES string of the molecule is Cc1c(-c2[nH]nc(-c3cnc4c(c3)OCC3CN(CC5CC5)CCN43)c2C(C)C)cn2ncnc2c1C. The molecule has 1 aliphatic carbocycles. The number of ether oxygens (including phenoxy) is 1. The molecule has 1 N–H and O–H groups in total. The summed E-state index contributed by atoms with van der Waals surface area (Å²) in [5.74, 6) is 3.01. The van der Waals surface area contributed by atoms with Crippen LogP contribution in [0.4, 0.5) is 5.82 Å². The molecule has 0 amide bonds. The Morgan fingerprint density at radius 3 is 2.81 bits per heavy atom. The van der Waals surface area contributed by atoms with E-state index in [1.807, 2.05) is 16.9 Å². The molecule has 3 aliphatic rings. The van der Waals surface area contributed by atoms with Crippen molar-refractivity contribution in [2.45, 2.75) is 52.5 Å². The van der Waals surface area contributed by atoms with E-state index in [1.54, 1.807) is 6.33 Å². The number of hydrogen-bond donors (Lipinski definition) is 1. The van der Waals surface area contributed by atoms with Crippen LogP contribution in [-0.4, -0.2) is 73.5 Å². The Hall–Kier alpha value is -3.46. The van der Waals surface area contributed by atoms with E-state index in [9.17, 15) is 0 Å². The average Bonchev–Trinajstić information content (AvgIpc) is 3.39. The van der Waals surface area contributed by atoms with Gasteiger partial charge in [0.2, 0.25) is 0 Å². The molecule has 6 heterocycles. The number of aromatic nitrogens is 6. The van der Waals surface area contributed by atoms with Crippen LogP contribution in [0.3, 0.4) is 0 Å². The lowest BCUT2D eigenvalue weighted by Crippen LogP contribution is -2.57. The molecule has 1 atom stereocenters. The van der Waals surface area contributed by atoms with Crippen LogP contribution < -0.4 is 9.64 Å². The van der Waals surface area contributed by atoms with Crippen LogP contribution in [0.25, 0.3) is 28.2 Å². The molecular formula is C28H34N8O. The summed E-state index contributed by atoms with van der Waals surface area (Å²) in [6, 6.07) is 2.50.